The van der Waals surface area contributed by atoms with E-state index in [-0.39, 0.29) is 5.41 Å². The third kappa shape index (κ3) is 5.96. The van der Waals surface area contributed by atoms with E-state index in [1.807, 2.05) is 12.1 Å². The van der Waals surface area contributed by atoms with Crippen LogP contribution in [0.4, 0.5) is 17.1 Å². The van der Waals surface area contributed by atoms with Crippen LogP contribution in [0, 0.1) is 0 Å². The van der Waals surface area contributed by atoms with Gasteiger partial charge >= 0.3 is 0 Å². The second-order valence-corrected chi connectivity index (χ2v) is 16.1. The van der Waals surface area contributed by atoms with Crippen LogP contribution in [-0.2, 0) is 5.41 Å². The number of nitrogens with zero attached hydrogens (tertiary/aromatic N) is 1. The van der Waals surface area contributed by atoms with Gasteiger partial charge in [-0.2, -0.15) is 0 Å². The SMILES string of the molecule is CC1(C)c2ccccc2-c2cc(-c3cccc(-c4cccc(N(c5ccc(-c6ccccc6)cc5)c5cccc(-c6cccc7oc8ccccc8c67)c5)c4)c3)ccc21. The summed E-state index contributed by atoms with van der Waals surface area (Å²) in [4.78, 5) is 2.37. The maximum Gasteiger partial charge on any atom is 0.136 e. The molecule has 11 rings (SSSR count). The van der Waals surface area contributed by atoms with Gasteiger partial charge in [0.25, 0.3) is 0 Å². The molecule has 0 unspecified atom stereocenters. The van der Waals surface area contributed by atoms with Crippen molar-refractivity contribution in [2.24, 2.45) is 0 Å². The monoisotopic (exact) mass is 755 g/mol. The summed E-state index contributed by atoms with van der Waals surface area (Å²) in [7, 11) is 0. The molecule has 2 nitrogen and oxygen atoms in total. The molecule has 1 aliphatic rings. The zero-order valence-corrected chi connectivity index (χ0v) is 33.1. The highest BCUT2D eigenvalue weighted by Gasteiger charge is 2.35. The largest absolute Gasteiger partial charge is 0.456 e. The van der Waals surface area contributed by atoms with Crippen molar-refractivity contribution in [1.82, 2.24) is 0 Å². The number of rotatable bonds is 7. The van der Waals surface area contributed by atoms with E-state index in [0.29, 0.717) is 0 Å². The molecule has 0 bridgehead atoms. The highest BCUT2D eigenvalue weighted by molar-refractivity contribution is 6.12. The van der Waals surface area contributed by atoms with E-state index in [1.165, 1.54) is 50.1 Å². The minimum atomic E-state index is -0.0129. The number of fused-ring (bicyclic) bond motifs is 6. The number of anilines is 3. The second-order valence-electron chi connectivity index (χ2n) is 16.1. The fraction of sp³-hybridized carbons (Fsp3) is 0.0526. The van der Waals surface area contributed by atoms with Gasteiger partial charge in [-0.25, -0.2) is 0 Å². The first-order valence-electron chi connectivity index (χ1n) is 20.4. The van der Waals surface area contributed by atoms with Gasteiger partial charge in [-0.3, -0.25) is 0 Å². The van der Waals surface area contributed by atoms with E-state index >= 15 is 0 Å². The van der Waals surface area contributed by atoms with Crippen LogP contribution in [0.1, 0.15) is 25.0 Å². The van der Waals surface area contributed by atoms with Gasteiger partial charge in [-0.15, -0.1) is 0 Å². The summed E-state index contributed by atoms with van der Waals surface area (Å²) in [6.07, 6.45) is 0. The standard InChI is InChI=1S/C57H41NO/c1-57(2)52-25-8-6-22-49(52)51-37-43(30-33-53(51)57)41-17-10-16-40(34-41)42-18-11-20-46(35-42)58(45-31-28-39(29-32-45)38-14-4-3-5-15-38)47-21-12-19-44(36-47)48-24-13-27-55-56(48)50-23-7-9-26-54(50)59-55/h3-37H,1-2H3. The zero-order chi connectivity index (χ0) is 39.5. The molecule has 0 atom stereocenters. The molecule has 0 amide bonds. The van der Waals surface area contributed by atoms with Gasteiger partial charge in [0.1, 0.15) is 11.2 Å². The summed E-state index contributed by atoms with van der Waals surface area (Å²) >= 11 is 0. The first kappa shape index (κ1) is 34.8. The molecule has 0 saturated carbocycles. The van der Waals surface area contributed by atoms with Crippen molar-refractivity contribution in [3.8, 4) is 55.6 Å². The number of para-hydroxylation sites is 1. The van der Waals surface area contributed by atoms with E-state index in [1.54, 1.807) is 0 Å². The zero-order valence-electron chi connectivity index (χ0n) is 33.1. The Morgan fingerprint density at radius 3 is 1.66 bits per heavy atom. The Labute approximate surface area is 345 Å². The average Bonchev–Trinajstić information content (AvgIpc) is 3.79. The summed E-state index contributed by atoms with van der Waals surface area (Å²) in [5, 5.41) is 2.26. The van der Waals surface area contributed by atoms with Crippen LogP contribution < -0.4 is 4.90 Å². The molecule has 0 aliphatic heterocycles. The van der Waals surface area contributed by atoms with Crippen molar-refractivity contribution >= 4 is 39.0 Å². The lowest BCUT2D eigenvalue weighted by Gasteiger charge is -2.27. The van der Waals surface area contributed by atoms with E-state index in [9.17, 15) is 0 Å². The van der Waals surface area contributed by atoms with Crippen molar-refractivity contribution in [3.05, 3.63) is 223 Å². The summed E-state index contributed by atoms with van der Waals surface area (Å²) in [6.45, 7) is 4.67. The van der Waals surface area contributed by atoms with E-state index < -0.39 is 0 Å². The van der Waals surface area contributed by atoms with Crippen molar-refractivity contribution in [2.45, 2.75) is 19.3 Å². The van der Waals surface area contributed by atoms with Crippen LogP contribution in [0.3, 0.4) is 0 Å². The lowest BCUT2D eigenvalue weighted by atomic mass is 9.82. The van der Waals surface area contributed by atoms with E-state index in [4.69, 9.17) is 4.42 Å². The molecule has 0 saturated heterocycles. The van der Waals surface area contributed by atoms with Crippen LogP contribution in [0.15, 0.2) is 217 Å². The van der Waals surface area contributed by atoms with Crippen molar-refractivity contribution < 1.29 is 4.42 Å². The number of hydrogen-bond donors (Lipinski definition) is 0. The Bertz CT molecular complexity index is 3190. The summed E-state index contributed by atoms with van der Waals surface area (Å²) in [6, 6.07) is 76.9. The minimum Gasteiger partial charge on any atom is -0.456 e. The molecule has 10 aromatic rings. The summed E-state index contributed by atoms with van der Waals surface area (Å²) in [5.74, 6) is 0. The van der Waals surface area contributed by atoms with Crippen LogP contribution >= 0.6 is 0 Å². The second kappa shape index (κ2) is 13.9. The summed E-state index contributed by atoms with van der Waals surface area (Å²) in [5.41, 5.74) is 19.9. The predicted molar refractivity (Wildman–Crippen MR) is 248 cm³/mol. The third-order valence-corrected chi connectivity index (χ3v) is 12.3. The van der Waals surface area contributed by atoms with Crippen LogP contribution in [0.2, 0.25) is 0 Å². The van der Waals surface area contributed by atoms with Gasteiger partial charge in [-0.05, 0) is 127 Å². The quantitative estimate of drug-likeness (QED) is 0.161. The minimum absolute atomic E-state index is 0.0129. The maximum atomic E-state index is 6.30. The van der Waals surface area contributed by atoms with Crippen molar-refractivity contribution in [2.75, 3.05) is 4.90 Å². The molecular weight excluding hydrogens is 715 g/mol. The molecule has 280 valence electrons. The summed E-state index contributed by atoms with van der Waals surface area (Å²) < 4.78 is 6.30. The molecule has 1 aliphatic carbocycles. The van der Waals surface area contributed by atoms with Crippen molar-refractivity contribution in [3.63, 3.8) is 0 Å². The lowest BCUT2D eigenvalue weighted by molar-refractivity contribution is 0.660. The molecule has 59 heavy (non-hydrogen) atoms. The predicted octanol–water partition coefficient (Wildman–Crippen LogP) is 16.0. The maximum absolute atomic E-state index is 6.30. The van der Waals surface area contributed by atoms with Gasteiger partial charge < -0.3 is 9.32 Å². The fourth-order valence-electron chi connectivity index (χ4n) is 9.31. The highest BCUT2D eigenvalue weighted by atomic mass is 16.3. The van der Waals surface area contributed by atoms with Gasteiger partial charge in [-0.1, -0.05) is 166 Å². The molecule has 2 heteroatoms. The molecule has 0 fully saturated rings. The molecule has 0 N–H and O–H groups in total. The number of benzene rings is 9. The van der Waals surface area contributed by atoms with Crippen LogP contribution in [0.25, 0.3) is 77.6 Å². The third-order valence-electron chi connectivity index (χ3n) is 12.3. The molecule has 0 radical (unpaired) electrons. The number of furan rings is 1. The Kier molecular flexibility index (Phi) is 8.20. The van der Waals surface area contributed by atoms with Gasteiger partial charge in [0.2, 0.25) is 0 Å². The lowest BCUT2D eigenvalue weighted by Crippen LogP contribution is -2.14. The first-order valence-corrected chi connectivity index (χ1v) is 20.4. The van der Waals surface area contributed by atoms with Gasteiger partial charge in [0.15, 0.2) is 0 Å². The van der Waals surface area contributed by atoms with E-state index in [2.05, 4.69) is 219 Å². The fourth-order valence-corrected chi connectivity index (χ4v) is 9.31. The number of hydrogen-bond acceptors (Lipinski definition) is 2. The Balaban J connectivity index is 1.01. The Morgan fingerprint density at radius 1 is 0.339 bits per heavy atom. The Morgan fingerprint density at radius 2 is 0.864 bits per heavy atom. The molecule has 1 aromatic heterocycles. The normalized spacial score (nSPS) is 12.7. The average molecular weight is 756 g/mol. The van der Waals surface area contributed by atoms with Crippen LogP contribution in [-0.4, -0.2) is 0 Å². The molecule has 0 spiro atoms. The molecular formula is C57H41NO. The topological polar surface area (TPSA) is 16.4 Å². The molecule has 9 aromatic carbocycles. The Hall–Kier alpha value is -7.42. The van der Waals surface area contributed by atoms with Crippen molar-refractivity contribution in [1.29, 1.82) is 0 Å². The van der Waals surface area contributed by atoms with Gasteiger partial charge in [0.05, 0.1) is 0 Å². The van der Waals surface area contributed by atoms with E-state index in [0.717, 1.165) is 55.7 Å². The first-order chi connectivity index (χ1) is 29.0. The highest BCUT2D eigenvalue weighted by Crippen LogP contribution is 2.50. The molecule has 1 heterocycles. The smallest absolute Gasteiger partial charge is 0.136 e. The van der Waals surface area contributed by atoms with Gasteiger partial charge in [0, 0.05) is 33.2 Å². The van der Waals surface area contributed by atoms with Crippen LogP contribution in [0.5, 0.6) is 0 Å².